The maximum atomic E-state index is 12.9. The summed E-state index contributed by atoms with van der Waals surface area (Å²) in [6, 6.07) is 14.1. The predicted octanol–water partition coefficient (Wildman–Crippen LogP) is 3.77. The average molecular weight is 282 g/mol. The Balaban J connectivity index is 1.59. The van der Waals surface area contributed by atoms with Crippen molar-refractivity contribution in [2.24, 2.45) is 0 Å². The van der Waals surface area contributed by atoms with Crippen molar-refractivity contribution in [2.75, 3.05) is 0 Å². The first-order valence-electron chi connectivity index (χ1n) is 6.75. The zero-order chi connectivity index (χ0) is 14.5. The Morgan fingerprint density at radius 3 is 2.43 bits per heavy atom. The van der Waals surface area contributed by atoms with E-state index in [4.69, 9.17) is 4.42 Å². The number of furan rings is 1. The van der Waals surface area contributed by atoms with Gasteiger partial charge in [-0.2, -0.15) is 0 Å². The highest BCUT2D eigenvalue weighted by Crippen LogP contribution is 2.22. The van der Waals surface area contributed by atoms with Crippen LogP contribution >= 0.6 is 0 Å². The smallest absolute Gasteiger partial charge is 0.134 e. The molecule has 0 atom stereocenters. The minimum absolute atomic E-state index is 0.246. The van der Waals surface area contributed by atoms with Crippen molar-refractivity contribution in [3.8, 4) is 11.3 Å². The zero-order valence-electron chi connectivity index (χ0n) is 11.4. The van der Waals surface area contributed by atoms with Crippen LogP contribution in [0.15, 0.2) is 65.3 Å². The van der Waals surface area contributed by atoms with Crippen molar-refractivity contribution >= 4 is 0 Å². The lowest BCUT2D eigenvalue weighted by Crippen LogP contribution is -2.11. The molecule has 1 N–H and O–H groups in total. The van der Waals surface area contributed by atoms with E-state index >= 15 is 0 Å². The molecule has 0 amide bonds. The summed E-state index contributed by atoms with van der Waals surface area (Å²) in [5, 5.41) is 3.31. The third-order valence-corrected chi connectivity index (χ3v) is 3.17. The molecular formula is C17H15FN2O. The first-order chi connectivity index (χ1) is 10.3. The van der Waals surface area contributed by atoms with E-state index in [1.54, 1.807) is 24.5 Å². The van der Waals surface area contributed by atoms with Gasteiger partial charge in [-0.1, -0.05) is 0 Å². The van der Waals surface area contributed by atoms with Crippen molar-refractivity contribution in [1.29, 1.82) is 0 Å². The summed E-state index contributed by atoms with van der Waals surface area (Å²) in [6.07, 6.45) is 3.55. The summed E-state index contributed by atoms with van der Waals surface area (Å²) >= 11 is 0. The molecule has 106 valence electrons. The van der Waals surface area contributed by atoms with Gasteiger partial charge < -0.3 is 9.73 Å². The van der Waals surface area contributed by atoms with E-state index in [0.717, 1.165) is 23.6 Å². The maximum absolute atomic E-state index is 12.9. The number of rotatable bonds is 5. The number of pyridine rings is 1. The first kappa shape index (κ1) is 13.5. The van der Waals surface area contributed by atoms with Crippen LogP contribution in [0.5, 0.6) is 0 Å². The maximum Gasteiger partial charge on any atom is 0.134 e. The van der Waals surface area contributed by atoms with Gasteiger partial charge in [0.25, 0.3) is 0 Å². The second kappa shape index (κ2) is 6.33. The highest BCUT2D eigenvalue weighted by Gasteiger charge is 2.04. The normalized spacial score (nSPS) is 10.7. The van der Waals surface area contributed by atoms with Crippen molar-refractivity contribution in [1.82, 2.24) is 10.3 Å². The van der Waals surface area contributed by atoms with Crippen LogP contribution in [-0.4, -0.2) is 4.98 Å². The van der Waals surface area contributed by atoms with Crippen LogP contribution in [0.25, 0.3) is 11.3 Å². The van der Waals surface area contributed by atoms with Gasteiger partial charge in [0.05, 0.1) is 6.54 Å². The molecule has 21 heavy (non-hydrogen) atoms. The highest BCUT2D eigenvalue weighted by atomic mass is 19.1. The molecule has 0 saturated carbocycles. The number of benzene rings is 1. The topological polar surface area (TPSA) is 38.1 Å². The van der Waals surface area contributed by atoms with E-state index in [9.17, 15) is 4.39 Å². The van der Waals surface area contributed by atoms with Gasteiger partial charge in [-0.3, -0.25) is 4.98 Å². The van der Waals surface area contributed by atoms with Crippen LogP contribution in [-0.2, 0) is 13.1 Å². The molecule has 3 nitrogen and oxygen atoms in total. The fourth-order valence-electron chi connectivity index (χ4n) is 2.07. The SMILES string of the molecule is Fc1ccc(-c2ccc(CNCc3ccncc3)o2)cc1. The van der Waals surface area contributed by atoms with Crippen molar-refractivity contribution in [2.45, 2.75) is 13.1 Å². The minimum atomic E-state index is -0.246. The molecule has 0 spiro atoms. The quantitative estimate of drug-likeness (QED) is 0.774. The fraction of sp³-hybridized carbons (Fsp3) is 0.118. The van der Waals surface area contributed by atoms with Crippen molar-refractivity contribution < 1.29 is 8.81 Å². The van der Waals surface area contributed by atoms with Gasteiger partial charge in [0.2, 0.25) is 0 Å². The molecule has 0 aliphatic rings. The summed E-state index contributed by atoms with van der Waals surface area (Å²) < 4.78 is 18.6. The van der Waals surface area contributed by atoms with Crippen LogP contribution in [0.2, 0.25) is 0 Å². The lowest BCUT2D eigenvalue weighted by Gasteiger charge is -2.02. The van der Waals surface area contributed by atoms with Gasteiger partial charge in [-0.15, -0.1) is 0 Å². The van der Waals surface area contributed by atoms with Gasteiger partial charge >= 0.3 is 0 Å². The summed E-state index contributed by atoms with van der Waals surface area (Å²) in [5.41, 5.74) is 2.05. The number of hydrogen-bond donors (Lipinski definition) is 1. The van der Waals surface area contributed by atoms with E-state index in [1.165, 1.54) is 17.7 Å². The third kappa shape index (κ3) is 3.55. The molecule has 0 aliphatic carbocycles. The van der Waals surface area contributed by atoms with Crippen LogP contribution in [0.4, 0.5) is 4.39 Å². The largest absolute Gasteiger partial charge is 0.460 e. The third-order valence-electron chi connectivity index (χ3n) is 3.17. The van der Waals surface area contributed by atoms with E-state index < -0.39 is 0 Å². The fourth-order valence-corrected chi connectivity index (χ4v) is 2.07. The Morgan fingerprint density at radius 2 is 1.67 bits per heavy atom. The monoisotopic (exact) mass is 282 g/mol. The summed E-state index contributed by atoms with van der Waals surface area (Å²) in [4.78, 5) is 3.98. The van der Waals surface area contributed by atoms with Crippen molar-refractivity contribution in [3.63, 3.8) is 0 Å². The number of nitrogens with zero attached hydrogens (tertiary/aromatic N) is 1. The average Bonchev–Trinajstić information content (AvgIpc) is 2.98. The number of hydrogen-bond acceptors (Lipinski definition) is 3. The molecule has 1 aromatic carbocycles. The van der Waals surface area contributed by atoms with E-state index in [0.29, 0.717) is 6.54 Å². The molecule has 3 rings (SSSR count). The van der Waals surface area contributed by atoms with Gasteiger partial charge in [-0.25, -0.2) is 4.39 Å². The molecule has 0 fully saturated rings. The van der Waals surface area contributed by atoms with Crippen LogP contribution in [0, 0.1) is 5.82 Å². The van der Waals surface area contributed by atoms with Crippen LogP contribution in [0.3, 0.4) is 0 Å². The zero-order valence-corrected chi connectivity index (χ0v) is 11.4. The molecule has 4 heteroatoms. The van der Waals surface area contributed by atoms with Crippen LogP contribution in [0.1, 0.15) is 11.3 Å². The van der Waals surface area contributed by atoms with Gasteiger partial charge in [-0.05, 0) is 54.1 Å². The summed E-state index contributed by atoms with van der Waals surface area (Å²) in [5.74, 6) is 1.35. The van der Waals surface area contributed by atoms with E-state index in [2.05, 4.69) is 10.3 Å². The second-order valence-electron chi connectivity index (χ2n) is 4.73. The molecule has 0 aliphatic heterocycles. The molecular weight excluding hydrogens is 267 g/mol. The van der Waals surface area contributed by atoms with E-state index in [1.807, 2.05) is 24.3 Å². The Bertz CT molecular complexity index is 692. The molecule has 0 saturated heterocycles. The summed E-state index contributed by atoms with van der Waals surface area (Å²) in [7, 11) is 0. The Hall–Kier alpha value is -2.46. The van der Waals surface area contributed by atoms with Crippen LogP contribution < -0.4 is 5.32 Å². The predicted molar refractivity (Wildman–Crippen MR) is 78.9 cm³/mol. The second-order valence-corrected chi connectivity index (χ2v) is 4.73. The number of nitrogens with one attached hydrogen (secondary N) is 1. The van der Waals surface area contributed by atoms with Crippen molar-refractivity contribution in [3.05, 3.63) is 78.1 Å². The van der Waals surface area contributed by atoms with E-state index in [-0.39, 0.29) is 5.82 Å². The number of halogens is 1. The van der Waals surface area contributed by atoms with Gasteiger partial charge in [0, 0.05) is 24.5 Å². The first-order valence-corrected chi connectivity index (χ1v) is 6.75. The Morgan fingerprint density at radius 1 is 0.905 bits per heavy atom. The molecule has 0 unspecified atom stereocenters. The summed E-state index contributed by atoms with van der Waals surface area (Å²) in [6.45, 7) is 1.40. The Labute approximate surface area is 122 Å². The minimum Gasteiger partial charge on any atom is -0.460 e. The van der Waals surface area contributed by atoms with Gasteiger partial charge in [0.1, 0.15) is 17.3 Å². The Kier molecular flexibility index (Phi) is 4.07. The van der Waals surface area contributed by atoms with Gasteiger partial charge in [0.15, 0.2) is 0 Å². The molecule has 0 bridgehead atoms. The molecule has 2 heterocycles. The lowest BCUT2D eigenvalue weighted by atomic mass is 10.2. The molecule has 3 aromatic rings. The molecule has 2 aromatic heterocycles. The highest BCUT2D eigenvalue weighted by molar-refractivity contribution is 5.57. The lowest BCUT2D eigenvalue weighted by molar-refractivity contribution is 0.493. The number of aromatic nitrogens is 1. The standard InChI is InChI=1S/C17H15FN2O/c18-15-3-1-14(2-4-15)17-6-5-16(21-17)12-20-11-13-7-9-19-10-8-13/h1-10,20H,11-12H2. The molecule has 0 radical (unpaired) electrons.